The van der Waals surface area contributed by atoms with Crippen LogP contribution in [0.1, 0.15) is 25.3 Å². The van der Waals surface area contributed by atoms with E-state index in [1.54, 1.807) is 11.3 Å². The molecule has 2 aromatic carbocycles. The lowest BCUT2D eigenvalue weighted by molar-refractivity contribution is -0.150. The lowest BCUT2D eigenvalue weighted by atomic mass is 9.98. The molecule has 1 aromatic heterocycles. The van der Waals surface area contributed by atoms with E-state index in [4.69, 9.17) is 9.72 Å². The number of rotatable bonds is 6. The van der Waals surface area contributed by atoms with E-state index in [1.807, 2.05) is 42.2 Å². The van der Waals surface area contributed by atoms with Crippen LogP contribution in [0.4, 0.5) is 5.69 Å². The zero-order valence-corrected chi connectivity index (χ0v) is 18.7. The minimum absolute atomic E-state index is 0.0762. The van der Waals surface area contributed by atoms with Gasteiger partial charge in [-0.15, -0.1) is 11.3 Å². The Labute approximate surface area is 186 Å². The van der Waals surface area contributed by atoms with Crippen molar-refractivity contribution in [2.75, 3.05) is 31.6 Å². The van der Waals surface area contributed by atoms with E-state index in [-0.39, 0.29) is 24.3 Å². The number of thiazole rings is 1. The number of carbonyl (C=O) groups is 2. The minimum Gasteiger partial charge on any atom is -0.466 e. The summed E-state index contributed by atoms with van der Waals surface area (Å²) in [7, 11) is 0. The number of piperidine rings is 1. The summed E-state index contributed by atoms with van der Waals surface area (Å²) in [5.41, 5.74) is 4.02. The predicted molar refractivity (Wildman–Crippen MR) is 124 cm³/mol. The Bertz CT molecular complexity index is 1080. The van der Waals surface area contributed by atoms with Crippen molar-refractivity contribution >= 4 is 39.1 Å². The highest BCUT2D eigenvalue weighted by Crippen LogP contribution is 2.31. The van der Waals surface area contributed by atoms with E-state index < -0.39 is 0 Å². The zero-order chi connectivity index (χ0) is 21.8. The van der Waals surface area contributed by atoms with E-state index in [9.17, 15) is 9.59 Å². The van der Waals surface area contributed by atoms with Crippen LogP contribution >= 0.6 is 11.3 Å². The van der Waals surface area contributed by atoms with Gasteiger partial charge in [-0.3, -0.25) is 14.5 Å². The monoisotopic (exact) mass is 437 g/mol. The standard InChI is InChI=1S/C24H27N3O3S/c1-3-30-24(29)18-5-4-12-27(14-18)15-22(28)25-19-9-7-17(8-10-19)23-26-20-11-6-16(2)13-21(20)31-23/h6-11,13,18H,3-5,12,14-15H2,1-2H3,(H,25,28). The summed E-state index contributed by atoms with van der Waals surface area (Å²) in [4.78, 5) is 31.2. The summed E-state index contributed by atoms with van der Waals surface area (Å²) < 4.78 is 6.31. The molecule has 0 bridgehead atoms. The average molecular weight is 438 g/mol. The number of likely N-dealkylation sites (tertiary alicyclic amines) is 1. The number of nitrogens with one attached hydrogen (secondary N) is 1. The maximum atomic E-state index is 12.5. The Kier molecular flexibility index (Phi) is 6.63. The quantitative estimate of drug-likeness (QED) is 0.576. The summed E-state index contributed by atoms with van der Waals surface area (Å²) in [5, 5.41) is 3.93. The van der Waals surface area contributed by atoms with Crippen LogP contribution < -0.4 is 5.32 Å². The van der Waals surface area contributed by atoms with Gasteiger partial charge in [-0.25, -0.2) is 4.98 Å². The van der Waals surface area contributed by atoms with E-state index in [0.717, 1.165) is 41.2 Å². The summed E-state index contributed by atoms with van der Waals surface area (Å²) in [6.45, 7) is 5.95. The molecule has 7 heteroatoms. The second-order valence-electron chi connectivity index (χ2n) is 7.94. The molecular weight excluding hydrogens is 410 g/mol. The third-order valence-electron chi connectivity index (χ3n) is 5.45. The van der Waals surface area contributed by atoms with Gasteiger partial charge < -0.3 is 10.1 Å². The van der Waals surface area contributed by atoms with Crippen LogP contribution in [0.15, 0.2) is 42.5 Å². The van der Waals surface area contributed by atoms with Crippen molar-refractivity contribution < 1.29 is 14.3 Å². The van der Waals surface area contributed by atoms with Gasteiger partial charge in [0.1, 0.15) is 5.01 Å². The van der Waals surface area contributed by atoms with Crippen molar-refractivity contribution in [1.82, 2.24) is 9.88 Å². The predicted octanol–water partition coefficient (Wildman–Crippen LogP) is 4.49. The largest absolute Gasteiger partial charge is 0.466 e. The number of carbonyl (C=O) groups excluding carboxylic acids is 2. The number of fused-ring (bicyclic) bond motifs is 1. The van der Waals surface area contributed by atoms with Crippen LogP contribution in [0.2, 0.25) is 0 Å². The van der Waals surface area contributed by atoms with Crippen molar-refractivity contribution in [3.8, 4) is 10.6 Å². The first-order chi connectivity index (χ1) is 15.0. The molecule has 1 unspecified atom stereocenters. The second-order valence-corrected chi connectivity index (χ2v) is 8.97. The third-order valence-corrected chi connectivity index (χ3v) is 6.52. The SMILES string of the molecule is CCOC(=O)C1CCCN(CC(=O)Nc2ccc(-c3nc4ccc(C)cc4s3)cc2)C1. The topological polar surface area (TPSA) is 71.5 Å². The molecule has 6 nitrogen and oxygen atoms in total. The number of hydrogen-bond acceptors (Lipinski definition) is 6. The number of nitrogens with zero attached hydrogens (tertiary/aromatic N) is 2. The molecule has 2 heterocycles. The van der Waals surface area contributed by atoms with E-state index in [1.165, 1.54) is 10.3 Å². The first-order valence-electron chi connectivity index (χ1n) is 10.7. The Morgan fingerprint density at radius 1 is 1.23 bits per heavy atom. The number of hydrogen-bond donors (Lipinski definition) is 1. The molecule has 1 aliphatic rings. The van der Waals surface area contributed by atoms with Gasteiger partial charge in [-0.05, 0) is 75.2 Å². The highest BCUT2D eigenvalue weighted by molar-refractivity contribution is 7.21. The van der Waals surface area contributed by atoms with Gasteiger partial charge in [0.15, 0.2) is 0 Å². The normalized spacial score (nSPS) is 16.9. The lowest BCUT2D eigenvalue weighted by Gasteiger charge is -2.30. The van der Waals surface area contributed by atoms with Gasteiger partial charge in [0.25, 0.3) is 0 Å². The molecule has 0 saturated carbocycles. The highest BCUT2D eigenvalue weighted by Gasteiger charge is 2.27. The fourth-order valence-electron chi connectivity index (χ4n) is 3.91. The molecule has 162 valence electrons. The number of benzene rings is 2. The van der Waals surface area contributed by atoms with Crippen molar-refractivity contribution in [1.29, 1.82) is 0 Å². The molecule has 1 fully saturated rings. The van der Waals surface area contributed by atoms with Crippen molar-refractivity contribution in [2.45, 2.75) is 26.7 Å². The van der Waals surface area contributed by atoms with Crippen molar-refractivity contribution in [3.05, 3.63) is 48.0 Å². The summed E-state index contributed by atoms with van der Waals surface area (Å²) >= 11 is 1.67. The third kappa shape index (κ3) is 5.29. The second kappa shape index (κ2) is 9.58. The maximum absolute atomic E-state index is 12.5. The van der Waals surface area contributed by atoms with Gasteiger partial charge in [0, 0.05) is 17.8 Å². The Balaban J connectivity index is 1.35. The fraction of sp³-hybridized carbons (Fsp3) is 0.375. The molecule has 1 atom stereocenters. The van der Waals surface area contributed by atoms with E-state index in [0.29, 0.717) is 13.2 Å². The summed E-state index contributed by atoms with van der Waals surface area (Å²) in [6, 6.07) is 14.0. The smallest absolute Gasteiger partial charge is 0.310 e. The van der Waals surface area contributed by atoms with Crippen molar-refractivity contribution in [3.63, 3.8) is 0 Å². The first-order valence-corrected chi connectivity index (χ1v) is 11.5. The molecule has 0 aliphatic carbocycles. The molecule has 1 aliphatic heterocycles. The number of ether oxygens (including phenoxy) is 1. The molecule has 1 saturated heterocycles. The molecule has 31 heavy (non-hydrogen) atoms. The van der Waals surface area contributed by atoms with Gasteiger partial charge in [0.2, 0.25) is 5.91 Å². The van der Waals surface area contributed by atoms with Crippen LogP contribution in [-0.2, 0) is 14.3 Å². The molecule has 0 spiro atoms. The van der Waals surface area contributed by atoms with Crippen LogP contribution in [0.3, 0.4) is 0 Å². The summed E-state index contributed by atoms with van der Waals surface area (Å²) in [6.07, 6.45) is 1.72. The van der Waals surface area contributed by atoms with E-state index >= 15 is 0 Å². The first kappa shape index (κ1) is 21.5. The van der Waals surface area contributed by atoms with E-state index in [2.05, 4.69) is 24.4 Å². The van der Waals surface area contributed by atoms with Crippen molar-refractivity contribution in [2.24, 2.45) is 5.92 Å². The molecule has 1 amide bonds. The molecule has 3 aromatic rings. The Morgan fingerprint density at radius 3 is 2.81 bits per heavy atom. The summed E-state index contributed by atoms with van der Waals surface area (Å²) in [5.74, 6) is -0.376. The molecule has 1 N–H and O–H groups in total. The minimum atomic E-state index is -0.159. The van der Waals surface area contributed by atoms with Crippen LogP contribution in [0, 0.1) is 12.8 Å². The lowest BCUT2D eigenvalue weighted by Crippen LogP contribution is -2.43. The number of amides is 1. The van der Waals surface area contributed by atoms with Gasteiger partial charge in [-0.1, -0.05) is 6.07 Å². The molecular formula is C24H27N3O3S. The van der Waals surface area contributed by atoms with Crippen LogP contribution in [0.25, 0.3) is 20.8 Å². The maximum Gasteiger partial charge on any atom is 0.310 e. The number of anilines is 1. The average Bonchev–Trinajstić information content (AvgIpc) is 3.17. The number of aromatic nitrogens is 1. The highest BCUT2D eigenvalue weighted by atomic mass is 32.1. The Hall–Kier alpha value is -2.77. The molecule has 4 rings (SSSR count). The van der Waals surface area contributed by atoms with Gasteiger partial charge in [0.05, 0.1) is 29.3 Å². The zero-order valence-electron chi connectivity index (χ0n) is 17.9. The van der Waals surface area contributed by atoms with Gasteiger partial charge in [-0.2, -0.15) is 0 Å². The molecule has 0 radical (unpaired) electrons. The number of esters is 1. The van der Waals surface area contributed by atoms with Crippen LogP contribution in [-0.4, -0.2) is 48.0 Å². The number of aryl methyl sites for hydroxylation is 1. The van der Waals surface area contributed by atoms with Gasteiger partial charge >= 0.3 is 5.97 Å². The van der Waals surface area contributed by atoms with Crippen LogP contribution in [0.5, 0.6) is 0 Å². The fourth-order valence-corrected chi connectivity index (χ4v) is 4.98. The Morgan fingerprint density at radius 2 is 2.03 bits per heavy atom.